The van der Waals surface area contributed by atoms with Gasteiger partial charge in [0.05, 0.1) is 11.4 Å². The second kappa shape index (κ2) is 5.39. The summed E-state index contributed by atoms with van der Waals surface area (Å²) in [5, 5.41) is 2.74. The Hall–Kier alpha value is -1.51. The third kappa shape index (κ3) is 2.72. The molecule has 0 atom stereocenters. The van der Waals surface area contributed by atoms with Crippen molar-refractivity contribution in [2.24, 2.45) is 0 Å². The maximum Gasteiger partial charge on any atom is 0.211 e. The van der Waals surface area contributed by atoms with Gasteiger partial charge in [-0.15, -0.1) is 0 Å². The number of carbonyl (C=O) groups excluding carboxylic acids is 1. The Morgan fingerprint density at radius 1 is 1.33 bits per heavy atom. The van der Waals surface area contributed by atoms with E-state index in [2.05, 4.69) is 30.1 Å². The van der Waals surface area contributed by atoms with Gasteiger partial charge in [-0.25, -0.2) is 0 Å². The molecule has 0 aliphatic rings. The van der Waals surface area contributed by atoms with Gasteiger partial charge >= 0.3 is 0 Å². The minimum Gasteiger partial charge on any atom is -0.370 e. The molecule has 3 nitrogen and oxygen atoms in total. The molecule has 0 bridgehead atoms. The number of nitrogens with one attached hydrogen (secondary N) is 1. The van der Waals surface area contributed by atoms with Gasteiger partial charge in [0.15, 0.2) is 0 Å². The van der Waals surface area contributed by atoms with Crippen molar-refractivity contribution in [1.29, 1.82) is 0 Å². The van der Waals surface area contributed by atoms with E-state index in [0.29, 0.717) is 0 Å². The molecule has 0 aliphatic carbocycles. The maximum absolute atomic E-state index is 10.5. The largest absolute Gasteiger partial charge is 0.370 e. The van der Waals surface area contributed by atoms with E-state index in [1.807, 2.05) is 19.1 Å². The van der Waals surface area contributed by atoms with Crippen molar-refractivity contribution < 1.29 is 4.79 Å². The number of anilines is 2. The average Bonchev–Trinajstić information content (AvgIpc) is 2.23. The zero-order valence-corrected chi connectivity index (χ0v) is 9.58. The van der Waals surface area contributed by atoms with E-state index < -0.39 is 0 Å². The van der Waals surface area contributed by atoms with Crippen LogP contribution in [0.3, 0.4) is 0 Å². The van der Waals surface area contributed by atoms with Crippen LogP contribution in [-0.4, -0.2) is 19.5 Å². The molecule has 15 heavy (non-hydrogen) atoms. The first-order chi connectivity index (χ1) is 7.22. The predicted octanol–water partition coefficient (Wildman–Crippen LogP) is 2.41. The zero-order chi connectivity index (χ0) is 11.3. The molecule has 0 aliphatic heterocycles. The van der Waals surface area contributed by atoms with Crippen molar-refractivity contribution in [2.45, 2.75) is 20.8 Å². The molecule has 0 radical (unpaired) electrons. The van der Waals surface area contributed by atoms with Crippen molar-refractivity contribution in [1.82, 2.24) is 0 Å². The van der Waals surface area contributed by atoms with Crippen LogP contribution in [0.5, 0.6) is 0 Å². The van der Waals surface area contributed by atoms with Crippen LogP contribution in [0.25, 0.3) is 0 Å². The monoisotopic (exact) mass is 206 g/mol. The summed E-state index contributed by atoms with van der Waals surface area (Å²) in [7, 11) is 0. The lowest BCUT2D eigenvalue weighted by Crippen LogP contribution is -2.23. The van der Waals surface area contributed by atoms with Gasteiger partial charge in [0.1, 0.15) is 0 Å². The van der Waals surface area contributed by atoms with Crippen LogP contribution in [0.2, 0.25) is 0 Å². The van der Waals surface area contributed by atoms with E-state index in [-0.39, 0.29) is 0 Å². The number of rotatable bonds is 5. The first kappa shape index (κ1) is 11.6. The highest BCUT2D eigenvalue weighted by Crippen LogP contribution is 2.26. The molecule has 0 heterocycles. The molecule has 0 aromatic heterocycles. The standard InChI is InChI=1S/C12H18N2O/c1-4-14(5-2)12-7-6-10(3)8-11(12)13-9-15/h6-9H,4-5H2,1-3H3,(H,13,15). The molecule has 0 spiro atoms. The number of hydrogen-bond acceptors (Lipinski definition) is 2. The Bertz CT molecular complexity index is 332. The fourth-order valence-corrected chi connectivity index (χ4v) is 1.67. The van der Waals surface area contributed by atoms with E-state index >= 15 is 0 Å². The molecule has 0 saturated heterocycles. The third-order valence-electron chi connectivity index (χ3n) is 2.47. The number of benzene rings is 1. The number of nitrogens with zero attached hydrogens (tertiary/aromatic N) is 1. The third-order valence-corrected chi connectivity index (χ3v) is 2.47. The first-order valence-electron chi connectivity index (χ1n) is 5.28. The summed E-state index contributed by atoms with van der Waals surface area (Å²) in [6.45, 7) is 8.10. The van der Waals surface area contributed by atoms with Gasteiger partial charge in [-0.1, -0.05) is 6.07 Å². The van der Waals surface area contributed by atoms with Crippen molar-refractivity contribution in [2.75, 3.05) is 23.3 Å². The molecule has 3 heteroatoms. The highest BCUT2D eigenvalue weighted by atomic mass is 16.1. The summed E-state index contributed by atoms with van der Waals surface area (Å²) < 4.78 is 0. The summed E-state index contributed by atoms with van der Waals surface area (Å²) in [5.41, 5.74) is 3.11. The van der Waals surface area contributed by atoms with E-state index in [0.717, 1.165) is 36.4 Å². The normalized spacial score (nSPS) is 9.80. The van der Waals surface area contributed by atoms with Gasteiger partial charge in [0.2, 0.25) is 6.41 Å². The van der Waals surface area contributed by atoms with Gasteiger partial charge in [0.25, 0.3) is 0 Å². The fourth-order valence-electron chi connectivity index (χ4n) is 1.67. The minimum atomic E-state index is 0.724. The van der Waals surface area contributed by atoms with Crippen LogP contribution in [0.4, 0.5) is 11.4 Å². The maximum atomic E-state index is 10.5. The molecule has 1 aromatic carbocycles. The Morgan fingerprint density at radius 2 is 2.00 bits per heavy atom. The Labute approximate surface area is 91.1 Å². The SMILES string of the molecule is CCN(CC)c1ccc(C)cc1NC=O. The van der Waals surface area contributed by atoms with Gasteiger partial charge in [-0.3, -0.25) is 4.79 Å². The van der Waals surface area contributed by atoms with Crippen LogP contribution in [-0.2, 0) is 4.79 Å². The molecule has 1 rings (SSSR count). The van der Waals surface area contributed by atoms with Crippen LogP contribution >= 0.6 is 0 Å². The molecule has 1 aromatic rings. The summed E-state index contributed by atoms with van der Waals surface area (Å²) in [6.07, 6.45) is 0.724. The molecule has 0 fully saturated rings. The van der Waals surface area contributed by atoms with Crippen LogP contribution in [0, 0.1) is 6.92 Å². The topological polar surface area (TPSA) is 32.3 Å². The summed E-state index contributed by atoms with van der Waals surface area (Å²) in [4.78, 5) is 12.7. The summed E-state index contributed by atoms with van der Waals surface area (Å²) >= 11 is 0. The number of aryl methyl sites for hydroxylation is 1. The van der Waals surface area contributed by atoms with E-state index in [4.69, 9.17) is 0 Å². The van der Waals surface area contributed by atoms with E-state index in [9.17, 15) is 4.79 Å². The molecular formula is C12H18N2O. The summed E-state index contributed by atoms with van der Waals surface area (Å²) in [5.74, 6) is 0. The molecule has 1 N–H and O–H groups in total. The Morgan fingerprint density at radius 3 is 2.53 bits per heavy atom. The average molecular weight is 206 g/mol. The molecule has 82 valence electrons. The van der Waals surface area contributed by atoms with Crippen molar-refractivity contribution in [3.63, 3.8) is 0 Å². The number of hydrogen-bond donors (Lipinski definition) is 1. The van der Waals surface area contributed by atoms with E-state index in [1.165, 1.54) is 0 Å². The van der Waals surface area contributed by atoms with Crippen molar-refractivity contribution >= 4 is 17.8 Å². The van der Waals surface area contributed by atoms with Crippen molar-refractivity contribution in [3.05, 3.63) is 23.8 Å². The zero-order valence-electron chi connectivity index (χ0n) is 9.58. The molecular weight excluding hydrogens is 188 g/mol. The molecule has 1 amide bonds. The molecule has 0 unspecified atom stereocenters. The number of carbonyl (C=O) groups is 1. The van der Waals surface area contributed by atoms with Crippen molar-refractivity contribution in [3.8, 4) is 0 Å². The van der Waals surface area contributed by atoms with Crippen LogP contribution in [0.1, 0.15) is 19.4 Å². The quantitative estimate of drug-likeness (QED) is 0.750. The van der Waals surface area contributed by atoms with Crippen LogP contribution in [0.15, 0.2) is 18.2 Å². The Balaban J connectivity index is 3.08. The number of amides is 1. The van der Waals surface area contributed by atoms with Gasteiger partial charge in [0, 0.05) is 13.1 Å². The smallest absolute Gasteiger partial charge is 0.211 e. The lowest BCUT2D eigenvalue weighted by molar-refractivity contribution is -0.105. The second-order valence-electron chi connectivity index (χ2n) is 3.46. The summed E-state index contributed by atoms with van der Waals surface area (Å²) in [6, 6.07) is 6.10. The fraction of sp³-hybridized carbons (Fsp3) is 0.417. The van der Waals surface area contributed by atoms with E-state index in [1.54, 1.807) is 0 Å². The van der Waals surface area contributed by atoms with Gasteiger partial charge in [-0.05, 0) is 38.5 Å². The first-order valence-corrected chi connectivity index (χ1v) is 5.28. The van der Waals surface area contributed by atoms with Crippen LogP contribution < -0.4 is 10.2 Å². The van der Waals surface area contributed by atoms with Gasteiger partial charge in [-0.2, -0.15) is 0 Å². The second-order valence-corrected chi connectivity index (χ2v) is 3.46. The minimum absolute atomic E-state index is 0.724. The highest BCUT2D eigenvalue weighted by Gasteiger charge is 2.07. The van der Waals surface area contributed by atoms with Gasteiger partial charge < -0.3 is 10.2 Å². The Kier molecular flexibility index (Phi) is 4.16. The lowest BCUT2D eigenvalue weighted by Gasteiger charge is -2.23. The lowest BCUT2D eigenvalue weighted by atomic mass is 10.1. The highest BCUT2D eigenvalue weighted by molar-refractivity contribution is 5.81. The molecule has 0 saturated carbocycles. The predicted molar refractivity (Wildman–Crippen MR) is 64.4 cm³/mol.